The summed E-state index contributed by atoms with van der Waals surface area (Å²) in [5.74, 6) is 0. The average Bonchev–Trinajstić information content (AvgIpc) is 3.17. The third-order valence-corrected chi connectivity index (χ3v) is 6.25. The van der Waals surface area contributed by atoms with Gasteiger partial charge in [0.05, 0.1) is 16.8 Å². The largest absolute Gasteiger partial charge is 0.235 e. The maximum absolute atomic E-state index is 9.68. The van der Waals surface area contributed by atoms with E-state index in [4.69, 9.17) is 11.6 Å². The fraction of sp³-hybridized carbons (Fsp3) is 0. The van der Waals surface area contributed by atoms with Crippen LogP contribution in [0.5, 0.6) is 0 Å². The monoisotopic (exact) mass is 529 g/mol. The van der Waals surface area contributed by atoms with Gasteiger partial charge >= 0.3 is 0 Å². The quantitative estimate of drug-likeness (QED) is 0.202. The van der Waals surface area contributed by atoms with E-state index in [-0.39, 0.29) is 0 Å². The number of nitriles is 1. The van der Waals surface area contributed by atoms with Crippen LogP contribution < -0.4 is 0 Å². The number of nitrogens with zero attached hydrogens (tertiary/aromatic N) is 3. The molecule has 4 rings (SSSR count). The normalized spacial score (nSPS) is 11.6. The number of halogens is 3. The van der Waals surface area contributed by atoms with E-state index in [0.29, 0.717) is 21.3 Å². The third kappa shape index (κ3) is 4.03. The molecule has 3 nitrogen and oxygen atoms in total. The number of pyridine rings is 1. The van der Waals surface area contributed by atoms with Gasteiger partial charge in [-0.15, -0.1) is 11.3 Å². The average molecular weight is 532 g/mol. The van der Waals surface area contributed by atoms with Gasteiger partial charge in [-0.25, -0.2) is 9.97 Å². The van der Waals surface area contributed by atoms with Crippen molar-refractivity contribution in [1.82, 2.24) is 9.97 Å². The molecule has 28 heavy (non-hydrogen) atoms. The molecule has 2 heterocycles. The molecule has 2 aromatic carbocycles. The van der Waals surface area contributed by atoms with Crippen LogP contribution in [0, 0.1) is 11.3 Å². The van der Waals surface area contributed by atoms with Gasteiger partial charge in [0.2, 0.25) is 0 Å². The fourth-order valence-electron chi connectivity index (χ4n) is 2.69. The number of benzene rings is 2. The van der Waals surface area contributed by atoms with Gasteiger partial charge in [-0.05, 0) is 42.5 Å². The van der Waals surface area contributed by atoms with Crippen molar-refractivity contribution in [2.75, 3.05) is 0 Å². The summed E-state index contributed by atoms with van der Waals surface area (Å²) in [4.78, 5) is 9.05. The van der Waals surface area contributed by atoms with E-state index in [1.54, 1.807) is 6.08 Å². The predicted octanol–water partition coefficient (Wildman–Crippen LogP) is 7.60. The van der Waals surface area contributed by atoms with Crippen LogP contribution in [0.2, 0.25) is 5.15 Å². The molecule has 4 aromatic rings. The van der Waals surface area contributed by atoms with E-state index < -0.39 is 0 Å². The lowest BCUT2D eigenvalue weighted by atomic mass is 10.1. The number of aromatic nitrogens is 2. The zero-order valence-electron chi connectivity index (χ0n) is 14.2. The predicted molar refractivity (Wildman–Crippen MR) is 123 cm³/mol. The van der Waals surface area contributed by atoms with Crippen LogP contribution in [-0.4, -0.2) is 9.97 Å². The summed E-state index contributed by atoms with van der Waals surface area (Å²) >= 11 is 14.7. The second-order valence-electron chi connectivity index (χ2n) is 5.92. The molecule has 0 amide bonds. The molecule has 0 spiro atoms. The minimum absolute atomic E-state index is 0.354. The highest BCUT2D eigenvalue weighted by molar-refractivity contribution is 9.10. The van der Waals surface area contributed by atoms with E-state index in [9.17, 15) is 5.26 Å². The first kappa shape index (κ1) is 19.3. The maximum atomic E-state index is 9.68. The Labute approximate surface area is 187 Å². The van der Waals surface area contributed by atoms with E-state index in [1.165, 1.54) is 11.3 Å². The summed E-state index contributed by atoms with van der Waals surface area (Å²) in [6, 6.07) is 17.9. The number of thiazole rings is 1. The Morgan fingerprint density at radius 1 is 1.04 bits per heavy atom. The second kappa shape index (κ2) is 8.14. The molecule has 0 atom stereocenters. The molecule has 7 heteroatoms. The smallest absolute Gasteiger partial charge is 0.137 e. The Morgan fingerprint density at radius 3 is 2.54 bits per heavy atom. The first-order valence-corrected chi connectivity index (χ1v) is 11.0. The second-order valence-corrected chi connectivity index (χ2v) is 8.97. The summed E-state index contributed by atoms with van der Waals surface area (Å²) in [5.41, 5.74) is 3.77. The molecule has 0 N–H and O–H groups in total. The van der Waals surface area contributed by atoms with Gasteiger partial charge in [-0.2, -0.15) is 5.26 Å². The SMILES string of the molecule is N#C/C(=C\c1cc2cc(Br)ccc2nc1Cl)c1nc(-c2ccc(Br)cc2)cs1. The van der Waals surface area contributed by atoms with Crippen LogP contribution in [0.1, 0.15) is 10.6 Å². The van der Waals surface area contributed by atoms with E-state index in [1.807, 2.05) is 53.9 Å². The summed E-state index contributed by atoms with van der Waals surface area (Å²) in [6.07, 6.45) is 1.74. The number of allylic oxidation sites excluding steroid dienone is 1. The molecule has 2 aromatic heterocycles. The first-order valence-electron chi connectivity index (χ1n) is 8.13. The molecule has 0 aliphatic carbocycles. The molecule has 0 aliphatic rings. The summed E-state index contributed by atoms with van der Waals surface area (Å²) in [7, 11) is 0. The molecule has 136 valence electrons. The minimum Gasteiger partial charge on any atom is -0.235 e. The van der Waals surface area contributed by atoms with Gasteiger partial charge < -0.3 is 0 Å². The van der Waals surface area contributed by atoms with Crippen molar-refractivity contribution >= 4 is 77.3 Å². The van der Waals surface area contributed by atoms with Crippen molar-refractivity contribution in [3.8, 4) is 17.3 Å². The van der Waals surface area contributed by atoms with Crippen molar-refractivity contribution in [2.24, 2.45) is 0 Å². The van der Waals surface area contributed by atoms with E-state index >= 15 is 0 Å². The van der Waals surface area contributed by atoms with Crippen molar-refractivity contribution in [3.05, 3.63) is 78.6 Å². The lowest BCUT2D eigenvalue weighted by molar-refractivity contribution is 1.36. The number of rotatable bonds is 3. The highest BCUT2D eigenvalue weighted by Crippen LogP contribution is 2.30. The molecule has 0 aliphatic heterocycles. The number of hydrogen-bond donors (Lipinski definition) is 0. The molecule has 0 saturated carbocycles. The van der Waals surface area contributed by atoms with E-state index in [0.717, 1.165) is 31.1 Å². The molecule has 0 unspecified atom stereocenters. The van der Waals surface area contributed by atoms with Gasteiger partial charge in [-0.1, -0.05) is 55.6 Å². The third-order valence-electron chi connectivity index (χ3n) is 4.05. The standard InChI is InChI=1S/C21H10Br2ClN3S/c22-16-3-1-12(2-4-16)19-11-28-21(27-19)15(10-25)8-14-7-13-9-17(23)5-6-18(13)26-20(14)24/h1-9,11H/b15-8+. The first-order chi connectivity index (χ1) is 13.5. The zero-order valence-corrected chi connectivity index (χ0v) is 18.9. The molecule has 0 saturated heterocycles. The van der Waals surface area contributed by atoms with Crippen molar-refractivity contribution in [1.29, 1.82) is 5.26 Å². The van der Waals surface area contributed by atoms with Gasteiger partial charge in [0.25, 0.3) is 0 Å². The molecular weight excluding hydrogens is 522 g/mol. The Morgan fingerprint density at radius 2 is 1.79 bits per heavy atom. The van der Waals surface area contributed by atoms with Crippen LogP contribution in [0.4, 0.5) is 0 Å². The Balaban J connectivity index is 1.74. The maximum Gasteiger partial charge on any atom is 0.137 e. The van der Waals surface area contributed by atoms with Crippen molar-refractivity contribution in [2.45, 2.75) is 0 Å². The Hall–Kier alpha value is -2.04. The lowest BCUT2D eigenvalue weighted by Gasteiger charge is -2.03. The van der Waals surface area contributed by atoms with Gasteiger partial charge in [0.15, 0.2) is 0 Å². The topological polar surface area (TPSA) is 49.6 Å². The Kier molecular flexibility index (Phi) is 5.61. The summed E-state index contributed by atoms with van der Waals surface area (Å²) < 4.78 is 1.97. The number of hydrogen-bond acceptors (Lipinski definition) is 4. The zero-order chi connectivity index (χ0) is 19.7. The van der Waals surface area contributed by atoms with Crippen LogP contribution in [0.15, 0.2) is 62.9 Å². The molecule has 0 bridgehead atoms. The number of fused-ring (bicyclic) bond motifs is 1. The highest BCUT2D eigenvalue weighted by Gasteiger charge is 2.11. The molecule has 0 radical (unpaired) electrons. The van der Waals surface area contributed by atoms with Gasteiger partial charge in [-0.3, -0.25) is 0 Å². The molecule has 0 fully saturated rings. The van der Waals surface area contributed by atoms with Crippen LogP contribution in [0.3, 0.4) is 0 Å². The highest BCUT2D eigenvalue weighted by atomic mass is 79.9. The van der Waals surface area contributed by atoms with Crippen LogP contribution in [0.25, 0.3) is 33.8 Å². The summed E-state index contributed by atoms with van der Waals surface area (Å²) in [5, 5.41) is 13.6. The molecular formula is C21H10Br2ClN3S. The fourth-order valence-corrected chi connectivity index (χ4v) is 4.33. The summed E-state index contributed by atoms with van der Waals surface area (Å²) in [6.45, 7) is 0. The van der Waals surface area contributed by atoms with E-state index in [2.05, 4.69) is 47.9 Å². The van der Waals surface area contributed by atoms with Crippen molar-refractivity contribution in [3.63, 3.8) is 0 Å². The van der Waals surface area contributed by atoms with Crippen LogP contribution in [-0.2, 0) is 0 Å². The lowest BCUT2D eigenvalue weighted by Crippen LogP contribution is -1.87. The van der Waals surface area contributed by atoms with Gasteiger partial charge in [0, 0.05) is 30.8 Å². The van der Waals surface area contributed by atoms with Gasteiger partial charge in [0.1, 0.15) is 16.2 Å². The van der Waals surface area contributed by atoms with Crippen LogP contribution >= 0.6 is 54.8 Å². The minimum atomic E-state index is 0.354. The van der Waals surface area contributed by atoms with Crippen molar-refractivity contribution < 1.29 is 0 Å². The Bertz CT molecular complexity index is 1260.